The maximum atomic E-state index is 4.50. The topological polar surface area (TPSA) is 12.4 Å². The predicted octanol–water partition coefficient (Wildman–Crippen LogP) is 3.34. The molecule has 1 aliphatic rings. The second-order valence-electron chi connectivity index (χ2n) is 3.76. The van der Waals surface area contributed by atoms with Gasteiger partial charge in [0.05, 0.1) is 5.69 Å². The summed E-state index contributed by atoms with van der Waals surface area (Å²) in [6.45, 7) is 0. The van der Waals surface area contributed by atoms with E-state index in [0.717, 1.165) is 12.1 Å². The van der Waals surface area contributed by atoms with E-state index in [1.807, 2.05) is 12.3 Å². The maximum Gasteiger partial charge on any atom is 0.0665 e. The average molecular weight is 193 g/mol. The zero-order valence-corrected chi connectivity index (χ0v) is 8.35. The zero-order chi connectivity index (χ0) is 10.1. The van der Waals surface area contributed by atoms with Gasteiger partial charge >= 0.3 is 0 Å². The first-order valence-corrected chi connectivity index (χ1v) is 5.13. The lowest BCUT2D eigenvalue weighted by atomic mass is 10.0. The summed E-state index contributed by atoms with van der Waals surface area (Å²) in [5.41, 5.74) is 4.98. The number of rotatable bonds is 0. The Hall–Kier alpha value is -1.89. The molecule has 1 heteroatoms. The van der Waals surface area contributed by atoms with Crippen LogP contribution in [0.5, 0.6) is 0 Å². The molecule has 0 radical (unpaired) electrons. The lowest BCUT2D eigenvalue weighted by Crippen LogP contribution is -1.91. The molecule has 0 spiro atoms. The third-order valence-electron chi connectivity index (χ3n) is 2.77. The summed E-state index contributed by atoms with van der Waals surface area (Å²) in [5.74, 6) is 0. The molecule has 0 saturated carbocycles. The van der Waals surface area contributed by atoms with Crippen LogP contribution in [0.3, 0.4) is 0 Å². The van der Waals surface area contributed by atoms with E-state index in [1.165, 1.54) is 16.7 Å². The summed E-state index contributed by atoms with van der Waals surface area (Å²) < 4.78 is 0. The van der Waals surface area contributed by atoms with Gasteiger partial charge in [0, 0.05) is 12.6 Å². The van der Waals surface area contributed by atoms with E-state index in [1.54, 1.807) is 0 Å². The van der Waals surface area contributed by atoms with Gasteiger partial charge in [-0.05, 0) is 22.8 Å². The summed E-state index contributed by atoms with van der Waals surface area (Å²) in [5, 5.41) is 0. The number of benzene rings is 2. The second kappa shape index (κ2) is 3.35. The highest BCUT2D eigenvalue weighted by Gasteiger charge is 2.08. The van der Waals surface area contributed by atoms with E-state index in [4.69, 9.17) is 0 Å². The summed E-state index contributed by atoms with van der Waals surface area (Å²) in [4.78, 5) is 4.50. The highest BCUT2D eigenvalue weighted by Crippen LogP contribution is 2.25. The molecule has 1 aliphatic heterocycles. The molecular weight excluding hydrogens is 182 g/mol. The molecule has 72 valence electrons. The van der Waals surface area contributed by atoms with Crippen molar-refractivity contribution in [2.75, 3.05) is 0 Å². The van der Waals surface area contributed by atoms with Crippen molar-refractivity contribution in [3.05, 3.63) is 65.2 Å². The van der Waals surface area contributed by atoms with Crippen LogP contribution in [0.1, 0.15) is 16.7 Å². The van der Waals surface area contributed by atoms with Gasteiger partial charge in [-0.3, -0.25) is 4.99 Å². The Kier molecular flexibility index (Phi) is 1.88. The van der Waals surface area contributed by atoms with E-state index in [2.05, 4.69) is 47.5 Å². The van der Waals surface area contributed by atoms with Crippen molar-refractivity contribution in [3.63, 3.8) is 0 Å². The van der Waals surface area contributed by atoms with Gasteiger partial charge in [-0.15, -0.1) is 0 Å². The first-order chi connectivity index (χ1) is 7.43. The van der Waals surface area contributed by atoms with Gasteiger partial charge in [-0.25, -0.2) is 0 Å². The van der Waals surface area contributed by atoms with E-state index >= 15 is 0 Å². The van der Waals surface area contributed by atoms with Gasteiger partial charge in [-0.2, -0.15) is 0 Å². The van der Waals surface area contributed by atoms with Crippen LogP contribution in [-0.4, -0.2) is 6.21 Å². The van der Waals surface area contributed by atoms with Crippen LogP contribution < -0.4 is 0 Å². The minimum Gasteiger partial charge on any atom is -0.256 e. The van der Waals surface area contributed by atoms with Gasteiger partial charge in [0.25, 0.3) is 0 Å². The molecular formula is C14H11N. The van der Waals surface area contributed by atoms with Crippen molar-refractivity contribution in [2.24, 2.45) is 4.99 Å². The first-order valence-electron chi connectivity index (χ1n) is 5.13. The molecule has 2 aromatic carbocycles. The van der Waals surface area contributed by atoms with Crippen LogP contribution >= 0.6 is 0 Å². The Balaban J connectivity index is 2.19. The average Bonchev–Trinajstić information content (AvgIpc) is 2.48. The Labute approximate surface area is 89.1 Å². The SMILES string of the molecule is C1=Nc2ccccc2Cc2ccccc21. The lowest BCUT2D eigenvalue weighted by Gasteiger charge is -2.03. The monoisotopic (exact) mass is 193 g/mol. The Morgan fingerprint density at radius 1 is 0.800 bits per heavy atom. The van der Waals surface area contributed by atoms with E-state index in [-0.39, 0.29) is 0 Å². The Bertz CT molecular complexity index is 479. The number of fused-ring (bicyclic) bond motifs is 2. The molecule has 0 saturated heterocycles. The van der Waals surface area contributed by atoms with Crippen LogP contribution in [0.2, 0.25) is 0 Å². The molecule has 0 unspecified atom stereocenters. The van der Waals surface area contributed by atoms with Crippen molar-refractivity contribution in [3.8, 4) is 0 Å². The van der Waals surface area contributed by atoms with Gasteiger partial charge in [0.1, 0.15) is 0 Å². The van der Waals surface area contributed by atoms with Crippen molar-refractivity contribution in [1.29, 1.82) is 0 Å². The number of para-hydroxylation sites is 1. The molecule has 1 heterocycles. The van der Waals surface area contributed by atoms with Gasteiger partial charge in [0.15, 0.2) is 0 Å². The van der Waals surface area contributed by atoms with Crippen LogP contribution in [0.4, 0.5) is 5.69 Å². The number of hydrogen-bond acceptors (Lipinski definition) is 1. The highest BCUT2D eigenvalue weighted by atomic mass is 14.7. The quantitative estimate of drug-likeness (QED) is 0.519. The molecule has 15 heavy (non-hydrogen) atoms. The molecule has 0 atom stereocenters. The molecule has 1 nitrogen and oxygen atoms in total. The minimum absolute atomic E-state index is 0.979. The van der Waals surface area contributed by atoms with E-state index < -0.39 is 0 Å². The summed E-state index contributed by atoms with van der Waals surface area (Å²) in [7, 11) is 0. The highest BCUT2D eigenvalue weighted by molar-refractivity contribution is 5.85. The molecule has 0 aliphatic carbocycles. The molecule has 0 aromatic heterocycles. The van der Waals surface area contributed by atoms with Crippen LogP contribution in [0, 0.1) is 0 Å². The number of nitrogens with zero attached hydrogens (tertiary/aromatic N) is 1. The van der Waals surface area contributed by atoms with Crippen LogP contribution in [-0.2, 0) is 6.42 Å². The van der Waals surface area contributed by atoms with Crippen molar-refractivity contribution < 1.29 is 0 Å². The summed E-state index contributed by atoms with van der Waals surface area (Å²) >= 11 is 0. The summed E-state index contributed by atoms with van der Waals surface area (Å²) in [6, 6.07) is 16.7. The fourth-order valence-corrected chi connectivity index (χ4v) is 1.95. The third-order valence-corrected chi connectivity index (χ3v) is 2.77. The molecule has 0 N–H and O–H groups in total. The second-order valence-corrected chi connectivity index (χ2v) is 3.76. The van der Waals surface area contributed by atoms with Crippen LogP contribution in [0.15, 0.2) is 53.5 Å². The lowest BCUT2D eigenvalue weighted by molar-refractivity contribution is 1.19. The van der Waals surface area contributed by atoms with E-state index in [0.29, 0.717) is 0 Å². The van der Waals surface area contributed by atoms with E-state index in [9.17, 15) is 0 Å². The Morgan fingerprint density at radius 3 is 2.47 bits per heavy atom. The number of aliphatic imine (C=N–C) groups is 1. The fourth-order valence-electron chi connectivity index (χ4n) is 1.95. The third kappa shape index (κ3) is 1.46. The van der Waals surface area contributed by atoms with Gasteiger partial charge in [0.2, 0.25) is 0 Å². The molecule has 0 amide bonds. The normalized spacial score (nSPS) is 12.8. The zero-order valence-electron chi connectivity index (χ0n) is 8.35. The maximum absolute atomic E-state index is 4.50. The van der Waals surface area contributed by atoms with Gasteiger partial charge in [-0.1, -0.05) is 42.5 Å². The smallest absolute Gasteiger partial charge is 0.0665 e. The first kappa shape index (κ1) is 8.42. The largest absolute Gasteiger partial charge is 0.256 e. The van der Waals surface area contributed by atoms with Crippen molar-refractivity contribution in [1.82, 2.24) is 0 Å². The minimum atomic E-state index is 0.979. The van der Waals surface area contributed by atoms with Crippen molar-refractivity contribution >= 4 is 11.9 Å². The van der Waals surface area contributed by atoms with Crippen molar-refractivity contribution in [2.45, 2.75) is 6.42 Å². The standard InChI is InChI=1S/C14H11N/c1-2-7-13-10-15-14-8-4-3-6-12(14)9-11(13)5-1/h1-8,10H,9H2. The molecule has 3 rings (SSSR count). The molecule has 0 bridgehead atoms. The summed E-state index contributed by atoms with van der Waals surface area (Å²) in [6.07, 6.45) is 2.94. The molecule has 2 aromatic rings. The van der Waals surface area contributed by atoms with Gasteiger partial charge < -0.3 is 0 Å². The van der Waals surface area contributed by atoms with Crippen LogP contribution in [0.25, 0.3) is 0 Å². The number of hydrogen-bond donors (Lipinski definition) is 0. The Morgan fingerprint density at radius 2 is 1.53 bits per heavy atom. The molecule has 0 fully saturated rings. The predicted molar refractivity (Wildman–Crippen MR) is 62.9 cm³/mol. The fraction of sp³-hybridized carbons (Fsp3) is 0.0714.